The summed E-state index contributed by atoms with van der Waals surface area (Å²) in [6.07, 6.45) is 1.31. The quantitative estimate of drug-likeness (QED) is 0.314. The van der Waals surface area contributed by atoms with E-state index in [1.54, 1.807) is 18.2 Å². The molecule has 0 spiro atoms. The Morgan fingerprint density at radius 1 is 1.02 bits per heavy atom. The van der Waals surface area contributed by atoms with Crippen molar-refractivity contribution >= 4 is 16.9 Å². The van der Waals surface area contributed by atoms with Gasteiger partial charge < -0.3 is 18.9 Å². The number of piperazine rings is 1. The van der Waals surface area contributed by atoms with Crippen molar-refractivity contribution < 1.29 is 13.9 Å². The number of nitriles is 2. The minimum absolute atomic E-state index is 0.0585. The van der Waals surface area contributed by atoms with E-state index in [-0.39, 0.29) is 30.2 Å². The topological polar surface area (TPSA) is 103 Å². The van der Waals surface area contributed by atoms with Crippen molar-refractivity contribution in [2.24, 2.45) is 0 Å². The molecule has 0 N–H and O–H groups in total. The molecule has 0 amide bonds. The summed E-state index contributed by atoms with van der Waals surface area (Å²) in [7, 11) is 0. The first-order valence-electron chi connectivity index (χ1n) is 13.8. The number of hydrogen-bond acceptors (Lipinski definition) is 8. The SMILES string of the molecule is C[C@@H](c1nc2ccccc2n1C[C@@H]1CCO1)N1CCN(c2cc(C#N)cc(OCc3ccc(C#N)cc3F)n2)CC1. The number of aromatic nitrogens is 3. The zero-order valence-electron chi connectivity index (χ0n) is 22.8. The third-order valence-electron chi connectivity index (χ3n) is 7.90. The molecule has 0 aliphatic carbocycles. The highest BCUT2D eigenvalue weighted by atomic mass is 19.1. The molecule has 2 saturated heterocycles. The second-order valence-corrected chi connectivity index (χ2v) is 10.4. The first-order chi connectivity index (χ1) is 20.0. The molecular weight excluding hydrogens is 521 g/mol. The Morgan fingerprint density at radius 2 is 1.80 bits per heavy atom. The Bertz CT molecular complexity index is 1640. The van der Waals surface area contributed by atoms with Gasteiger partial charge >= 0.3 is 0 Å². The van der Waals surface area contributed by atoms with Gasteiger partial charge in [0.2, 0.25) is 5.88 Å². The van der Waals surface area contributed by atoms with Gasteiger partial charge in [-0.1, -0.05) is 18.2 Å². The standard InChI is InChI=1S/C31H30FN7O2/c1-21(31-35-27-4-2-3-5-28(27)39(31)19-25-8-13-40-25)37-9-11-38(12-10-37)29-15-23(18-34)16-30(36-29)41-20-24-7-6-22(17-33)14-26(24)32/h2-7,14-16,21,25H,8-13,19-20H2,1H3/t21-,25-/m0/s1. The van der Waals surface area contributed by atoms with Gasteiger partial charge in [0.25, 0.3) is 0 Å². The Labute approximate surface area is 238 Å². The number of nitrogens with zero attached hydrogens (tertiary/aromatic N) is 7. The second kappa shape index (κ2) is 11.5. The molecule has 0 unspecified atom stereocenters. The third-order valence-corrected chi connectivity index (χ3v) is 7.90. The van der Waals surface area contributed by atoms with Gasteiger partial charge in [-0.25, -0.2) is 9.37 Å². The fraction of sp³-hybridized carbons (Fsp3) is 0.355. The number of ether oxygens (including phenoxy) is 2. The number of fused-ring (bicyclic) bond motifs is 1. The lowest BCUT2D eigenvalue weighted by Gasteiger charge is -2.38. The maximum absolute atomic E-state index is 14.3. The van der Waals surface area contributed by atoms with Crippen LogP contribution < -0.4 is 9.64 Å². The van der Waals surface area contributed by atoms with Gasteiger partial charge in [-0.2, -0.15) is 15.5 Å². The van der Waals surface area contributed by atoms with Crippen molar-refractivity contribution in [3.8, 4) is 18.0 Å². The molecule has 9 nitrogen and oxygen atoms in total. The summed E-state index contributed by atoms with van der Waals surface area (Å²) < 4.78 is 28.2. The molecule has 2 fully saturated rings. The number of halogens is 1. The maximum atomic E-state index is 14.3. The molecule has 2 aliphatic rings. The van der Waals surface area contributed by atoms with Gasteiger partial charge in [0.15, 0.2) is 0 Å². The van der Waals surface area contributed by atoms with E-state index in [1.165, 1.54) is 12.1 Å². The molecule has 2 aromatic heterocycles. The smallest absolute Gasteiger partial charge is 0.216 e. The van der Waals surface area contributed by atoms with Crippen LogP contribution in [0.15, 0.2) is 54.6 Å². The molecule has 2 atom stereocenters. The van der Waals surface area contributed by atoms with Gasteiger partial charge in [-0.3, -0.25) is 4.90 Å². The molecular formula is C31H30FN7O2. The number of imidazole rings is 1. The molecule has 0 radical (unpaired) electrons. The summed E-state index contributed by atoms with van der Waals surface area (Å²) in [5.41, 5.74) is 3.11. The number of rotatable bonds is 8. The fourth-order valence-electron chi connectivity index (χ4n) is 5.42. The number of benzene rings is 2. The van der Waals surface area contributed by atoms with Crippen molar-refractivity contribution in [1.82, 2.24) is 19.4 Å². The third kappa shape index (κ3) is 5.58. The van der Waals surface area contributed by atoms with Crippen molar-refractivity contribution in [1.29, 1.82) is 10.5 Å². The molecule has 2 aliphatic heterocycles. The second-order valence-electron chi connectivity index (χ2n) is 10.4. The van der Waals surface area contributed by atoms with E-state index < -0.39 is 5.82 Å². The molecule has 6 rings (SSSR count). The van der Waals surface area contributed by atoms with Crippen LogP contribution in [0.4, 0.5) is 10.2 Å². The molecule has 0 bridgehead atoms. The first-order valence-corrected chi connectivity index (χ1v) is 13.8. The van der Waals surface area contributed by atoms with E-state index in [0.29, 0.717) is 16.9 Å². The Morgan fingerprint density at radius 3 is 2.51 bits per heavy atom. The van der Waals surface area contributed by atoms with Crippen LogP contribution in [0, 0.1) is 28.5 Å². The van der Waals surface area contributed by atoms with E-state index in [2.05, 4.69) is 50.5 Å². The van der Waals surface area contributed by atoms with Gasteiger partial charge in [0.05, 0.1) is 53.0 Å². The summed E-state index contributed by atoms with van der Waals surface area (Å²) in [5, 5.41) is 18.6. The van der Waals surface area contributed by atoms with Crippen LogP contribution in [0.1, 0.15) is 41.9 Å². The Hall–Kier alpha value is -4.51. The predicted octanol–water partition coefficient (Wildman–Crippen LogP) is 4.56. The van der Waals surface area contributed by atoms with Crippen LogP contribution in [0.2, 0.25) is 0 Å². The van der Waals surface area contributed by atoms with Gasteiger partial charge in [-0.15, -0.1) is 0 Å². The summed E-state index contributed by atoms with van der Waals surface area (Å²) in [5.74, 6) is 1.44. The highest BCUT2D eigenvalue weighted by Gasteiger charge is 2.29. The highest BCUT2D eigenvalue weighted by Crippen LogP contribution is 2.29. The first kappa shape index (κ1) is 26.7. The van der Waals surface area contributed by atoms with Crippen LogP contribution in [0.3, 0.4) is 0 Å². The van der Waals surface area contributed by atoms with Gasteiger partial charge in [0.1, 0.15) is 24.1 Å². The van der Waals surface area contributed by atoms with Crippen molar-refractivity contribution in [2.45, 2.75) is 38.6 Å². The average molecular weight is 552 g/mol. The summed E-state index contributed by atoms with van der Waals surface area (Å²) >= 11 is 0. The molecule has 10 heteroatoms. The lowest BCUT2D eigenvalue weighted by Crippen LogP contribution is -2.48. The van der Waals surface area contributed by atoms with Crippen LogP contribution in [-0.2, 0) is 17.9 Å². The normalized spacial score (nSPS) is 18.0. The predicted molar refractivity (Wildman–Crippen MR) is 151 cm³/mol. The lowest BCUT2D eigenvalue weighted by molar-refractivity contribution is -0.0594. The number of hydrogen-bond donors (Lipinski definition) is 0. The molecule has 4 aromatic rings. The molecule has 4 heterocycles. The number of anilines is 1. The largest absolute Gasteiger partial charge is 0.473 e. The van der Waals surface area contributed by atoms with E-state index in [9.17, 15) is 9.65 Å². The van der Waals surface area contributed by atoms with Crippen LogP contribution >= 0.6 is 0 Å². The van der Waals surface area contributed by atoms with E-state index in [4.69, 9.17) is 19.7 Å². The summed E-state index contributed by atoms with van der Waals surface area (Å²) in [6, 6.07) is 20.0. The molecule has 208 valence electrons. The average Bonchev–Trinajstić information content (AvgIpc) is 3.36. The van der Waals surface area contributed by atoms with Crippen molar-refractivity contribution in [3.05, 3.63) is 82.9 Å². The highest BCUT2D eigenvalue weighted by molar-refractivity contribution is 5.76. The summed E-state index contributed by atoms with van der Waals surface area (Å²) in [4.78, 5) is 14.2. The van der Waals surface area contributed by atoms with Gasteiger partial charge in [-0.05, 0) is 43.7 Å². The zero-order valence-corrected chi connectivity index (χ0v) is 22.8. The van der Waals surface area contributed by atoms with Gasteiger partial charge in [0, 0.05) is 44.4 Å². The van der Waals surface area contributed by atoms with E-state index in [1.807, 2.05) is 12.1 Å². The van der Waals surface area contributed by atoms with Crippen molar-refractivity contribution in [3.63, 3.8) is 0 Å². The van der Waals surface area contributed by atoms with E-state index >= 15 is 0 Å². The fourth-order valence-corrected chi connectivity index (χ4v) is 5.42. The zero-order chi connectivity index (χ0) is 28.3. The maximum Gasteiger partial charge on any atom is 0.216 e. The lowest BCUT2D eigenvalue weighted by atomic mass is 10.1. The molecule has 41 heavy (non-hydrogen) atoms. The Kier molecular flexibility index (Phi) is 7.51. The molecule has 0 saturated carbocycles. The minimum Gasteiger partial charge on any atom is -0.473 e. The van der Waals surface area contributed by atoms with Crippen LogP contribution in [0.25, 0.3) is 11.0 Å². The monoisotopic (exact) mass is 551 g/mol. The van der Waals surface area contributed by atoms with Crippen molar-refractivity contribution in [2.75, 3.05) is 37.7 Å². The summed E-state index contributed by atoms with van der Waals surface area (Å²) in [6.45, 7) is 6.83. The van der Waals surface area contributed by atoms with Crippen LogP contribution in [0.5, 0.6) is 5.88 Å². The number of para-hydroxylation sites is 2. The Balaban J connectivity index is 1.15. The van der Waals surface area contributed by atoms with Crippen LogP contribution in [-0.4, -0.2) is 58.3 Å². The van der Waals surface area contributed by atoms with E-state index in [0.717, 1.165) is 62.6 Å². The number of pyridine rings is 1. The minimum atomic E-state index is -0.514. The molecule has 2 aromatic carbocycles.